The molecule has 0 aromatic heterocycles. The third-order valence-electron chi connectivity index (χ3n) is 2.84. The molecule has 114 valence electrons. The molecule has 0 aliphatic rings. The molecule has 0 radical (unpaired) electrons. The highest BCUT2D eigenvalue weighted by atomic mass is 79.9. The molecule has 4 nitrogen and oxygen atoms in total. The lowest BCUT2D eigenvalue weighted by Crippen LogP contribution is -2.28. The van der Waals surface area contributed by atoms with Crippen LogP contribution in [0.3, 0.4) is 0 Å². The van der Waals surface area contributed by atoms with Crippen LogP contribution < -0.4 is 5.73 Å². The average molecular weight is 346 g/mol. The molecular formula is C15H24BrNO3. The maximum absolute atomic E-state index is 5.99. The Morgan fingerprint density at radius 3 is 2.40 bits per heavy atom. The number of methoxy groups -OCH3 is 1. The van der Waals surface area contributed by atoms with Gasteiger partial charge in [-0.1, -0.05) is 28.1 Å². The quantitative estimate of drug-likeness (QED) is 0.662. The molecule has 20 heavy (non-hydrogen) atoms. The molecule has 1 aromatic rings. The van der Waals surface area contributed by atoms with E-state index in [9.17, 15) is 0 Å². The summed E-state index contributed by atoms with van der Waals surface area (Å²) in [6.07, 6.45) is 0.797. The van der Waals surface area contributed by atoms with Gasteiger partial charge in [-0.25, -0.2) is 0 Å². The van der Waals surface area contributed by atoms with E-state index < -0.39 is 0 Å². The minimum Gasteiger partial charge on any atom is -0.385 e. The van der Waals surface area contributed by atoms with Crippen LogP contribution in [0.1, 0.15) is 25.0 Å². The smallest absolute Gasteiger partial charge is 0.0974 e. The molecule has 1 rings (SSSR count). The van der Waals surface area contributed by atoms with E-state index in [1.54, 1.807) is 7.11 Å². The predicted molar refractivity (Wildman–Crippen MR) is 83.8 cm³/mol. The highest BCUT2D eigenvalue weighted by Crippen LogP contribution is 2.22. The maximum Gasteiger partial charge on any atom is 0.0974 e. The standard InChI is InChI=1S/C15H24BrNO3/c1-12(17)15(13-4-6-14(16)7-5-13)20-11-10-19-9-3-8-18-2/h4-7,12,15H,3,8-11,17H2,1-2H3. The van der Waals surface area contributed by atoms with Gasteiger partial charge in [-0.15, -0.1) is 0 Å². The minimum absolute atomic E-state index is 0.0651. The van der Waals surface area contributed by atoms with Crippen LogP contribution in [0.25, 0.3) is 0 Å². The second-order valence-corrected chi connectivity index (χ2v) is 5.58. The predicted octanol–water partition coefficient (Wildman–Crippen LogP) is 2.91. The Morgan fingerprint density at radius 2 is 1.80 bits per heavy atom. The average Bonchev–Trinajstić information content (AvgIpc) is 2.43. The molecule has 2 N–H and O–H groups in total. The first-order chi connectivity index (χ1) is 9.65. The molecule has 0 fully saturated rings. The summed E-state index contributed by atoms with van der Waals surface area (Å²) in [5.41, 5.74) is 7.08. The fraction of sp³-hybridized carbons (Fsp3) is 0.600. The van der Waals surface area contributed by atoms with Gasteiger partial charge in [0.1, 0.15) is 0 Å². The molecule has 0 bridgehead atoms. The second kappa shape index (κ2) is 10.3. The highest BCUT2D eigenvalue weighted by Gasteiger charge is 2.16. The molecule has 0 saturated heterocycles. The van der Waals surface area contributed by atoms with E-state index in [-0.39, 0.29) is 12.1 Å². The summed E-state index contributed by atoms with van der Waals surface area (Å²) in [4.78, 5) is 0. The first kappa shape index (κ1) is 17.6. The molecule has 1 aromatic carbocycles. The van der Waals surface area contributed by atoms with Gasteiger partial charge in [0.2, 0.25) is 0 Å². The summed E-state index contributed by atoms with van der Waals surface area (Å²) < 4.78 is 17.3. The molecule has 0 aliphatic carbocycles. The van der Waals surface area contributed by atoms with Crippen molar-refractivity contribution in [3.63, 3.8) is 0 Å². The molecule has 2 atom stereocenters. The molecule has 5 heteroatoms. The zero-order valence-electron chi connectivity index (χ0n) is 12.2. The van der Waals surface area contributed by atoms with Crippen LogP contribution in [-0.4, -0.2) is 39.6 Å². The number of hydrogen-bond acceptors (Lipinski definition) is 4. The topological polar surface area (TPSA) is 53.7 Å². The van der Waals surface area contributed by atoms with Crippen LogP contribution in [0.5, 0.6) is 0 Å². The number of halogens is 1. The molecule has 0 saturated carbocycles. The van der Waals surface area contributed by atoms with Gasteiger partial charge >= 0.3 is 0 Å². The SMILES string of the molecule is COCCCOCCOC(c1ccc(Br)cc1)C(C)N. The van der Waals surface area contributed by atoms with Crippen LogP contribution in [0.2, 0.25) is 0 Å². The Balaban J connectivity index is 2.31. The van der Waals surface area contributed by atoms with Gasteiger partial charge in [-0.2, -0.15) is 0 Å². The van der Waals surface area contributed by atoms with Crippen LogP contribution in [-0.2, 0) is 14.2 Å². The Morgan fingerprint density at radius 1 is 1.10 bits per heavy atom. The summed E-state index contributed by atoms with van der Waals surface area (Å²) in [6, 6.07) is 7.98. The van der Waals surface area contributed by atoms with Crippen LogP contribution in [0.15, 0.2) is 28.7 Å². The van der Waals surface area contributed by atoms with Gasteiger partial charge in [-0.05, 0) is 31.0 Å². The van der Waals surface area contributed by atoms with Crippen molar-refractivity contribution in [2.75, 3.05) is 33.5 Å². The molecule has 0 heterocycles. The lowest BCUT2D eigenvalue weighted by molar-refractivity contribution is -0.00763. The van der Waals surface area contributed by atoms with E-state index in [4.69, 9.17) is 19.9 Å². The third kappa shape index (κ3) is 6.81. The van der Waals surface area contributed by atoms with Crippen LogP contribution in [0, 0.1) is 0 Å². The zero-order chi connectivity index (χ0) is 14.8. The minimum atomic E-state index is -0.106. The van der Waals surface area contributed by atoms with Crippen molar-refractivity contribution in [2.24, 2.45) is 5.73 Å². The Hall–Kier alpha value is -0.460. The van der Waals surface area contributed by atoms with Crippen molar-refractivity contribution in [3.05, 3.63) is 34.3 Å². The number of nitrogens with two attached hydrogens (primary N) is 1. The first-order valence-corrected chi connectivity index (χ1v) is 7.63. The van der Waals surface area contributed by atoms with Crippen molar-refractivity contribution >= 4 is 15.9 Å². The van der Waals surface area contributed by atoms with Gasteiger partial charge in [0.25, 0.3) is 0 Å². The first-order valence-electron chi connectivity index (χ1n) is 6.84. The molecular weight excluding hydrogens is 322 g/mol. The Bertz CT molecular complexity index is 357. The van der Waals surface area contributed by atoms with Crippen molar-refractivity contribution in [2.45, 2.75) is 25.5 Å². The zero-order valence-corrected chi connectivity index (χ0v) is 13.8. The van der Waals surface area contributed by atoms with Crippen LogP contribution in [0.4, 0.5) is 0 Å². The van der Waals surface area contributed by atoms with Crippen LogP contribution >= 0.6 is 15.9 Å². The lowest BCUT2D eigenvalue weighted by atomic mass is 10.0. The van der Waals surface area contributed by atoms with Gasteiger partial charge in [-0.3, -0.25) is 0 Å². The number of benzene rings is 1. The lowest BCUT2D eigenvalue weighted by Gasteiger charge is -2.22. The fourth-order valence-electron chi connectivity index (χ4n) is 1.85. The van der Waals surface area contributed by atoms with Gasteiger partial charge in [0, 0.05) is 30.8 Å². The summed E-state index contributed by atoms with van der Waals surface area (Å²) in [5, 5.41) is 0. The van der Waals surface area contributed by atoms with E-state index in [2.05, 4.69) is 15.9 Å². The highest BCUT2D eigenvalue weighted by molar-refractivity contribution is 9.10. The van der Waals surface area contributed by atoms with E-state index in [0.717, 1.165) is 23.1 Å². The summed E-state index contributed by atoms with van der Waals surface area (Å²) in [7, 11) is 1.69. The monoisotopic (exact) mass is 345 g/mol. The van der Waals surface area contributed by atoms with Crippen molar-refractivity contribution < 1.29 is 14.2 Å². The number of hydrogen-bond donors (Lipinski definition) is 1. The molecule has 0 amide bonds. The van der Waals surface area contributed by atoms with Crippen molar-refractivity contribution in [3.8, 4) is 0 Å². The van der Waals surface area contributed by atoms with Crippen molar-refractivity contribution in [1.29, 1.82) is 0 Å². The number of ether oxygens (including phenoxy) is 3. The van der Waals surface area contributed by atoms with Gasteiger partial charge in [0.15, 0.2) is 0 Å². The molecule has 2 unspecified atom stereocenters. The normalized spacial score (nSPS) is 14.2. The largest absolute Gasteiger partial charge is 0.385 e. The van der Waals surface area contributed by atoms with E-state index in [0.29, 0.717) is 19.8 Å². The maximum atomic E-state index is 5.99. The summed E-state index contributed by atoms with van der Waals surface area (Å²) in [5.74, 6) is 0. The molecule has 0 aliphatic heterocycles. The Kier molecular flexibility index (Phi) is 9.05. The molecule has 0 spiro atoms. The van der Waals surface area contributed by atoms with E-state index in [1.165, 1.54) is 0 Å². The van der Waals surface area contributed by atoms with E-state index in [1.807, 2.05) is 31.2 Å². The van der Waals surface area contributed by atoms with Gasteiger partial charge in [0.05, 0.1) is 19.3 Å². The Labute approximate surface area is 129 Å². The second-order valence-electron chi connectivity index (χ2n) is 4.66. The summed E-state index contributed by atoms with van der Waals surface area (Å²) >= 11 is 3.42. The fourth-order valence-corrected chi connectivity index (χ4v) is 2.11. The third-order valence-corrected chi connectivity index (χ3v) is 3.37. The van der Waals surface area contributed by atoms with E-state index >= 15 is 0 Å². The number of rotatable bonds is 10. The summed E-state index contributed by atoms with van der Waals surface area (Å²) in [6.45, 7) is 4.48. The van der Waals surface area contributed by atoms with Gasteiger partial charge < -0.3 is 19.9 Å². The van der Waals surface area contributed by atoms with Crippen molar-refractivity contribution in [1.82, 2.24) is 0 Å².